The highest BCUT2D eigenvalue weighted by Crippen LogP contribution is 2.28. The smallest absolute Gasteiger partial charge is 0.338 e. The Kier molecular flexibility index (Phi) is 5.59. The molecular weight excluding hydrogens is 396 g/mol. The Bertz CT molecular complexity index is 1000. The summed E-state index contributed by atoms with van der Waals surface area (Å²) in [5, 5.41) is 0. The molecule has 0 aliphatic carbocycles. The fourth-order valence-electron chi connectivity index (χ4n) is 4.34. The van der Waals surface area contributed by atoms with E-state index in [-0.39, 0.29) is 18.1 Å². The van der Waals surface area contributed by atoms with Gasteiger partial charge in [-0.1, -0.05) is 26.0 Å². The van der Waals surface area contributed by atoms with Gasteiger partial charge in [-0.05, 0) is 54.7 Å². The van der Waals surface area contributed by atoms with Gasteiger partial charge in [0.2, 0.25) is 0 Å². The minimum atomic E-state index is -0.625. The number of esters is 1. The summed E-state index contributed by atoms with van der Waals surface area (Å²) in [5.41, 5.74) is 1.33. The predicted molar refractivity (Wildman–Crippen MR) is 114 cm³/mol. The number of piperidine rings is 1. The molecule has 2 atom stereocenters. The average Bonchev–Trinajstić information content (AvgIpc) is 3.01. The quantitative estimate of drug-likeness (QED) is 0.560. The minimum Gasteiger partial charge on any atom is -0.452 e. The number of rotatable bonds is 4. The van der Waals surface area contributed by atoms with Gasteiger partial charge >= 0.3 is 5.97 Å². The summed E-state index contributed by atoms with van der Waals surface area (Å²) >= 11 is 0. The number of carbonyl (C=O) groups is 4. The number of fused-ring (bicyclic) bond motifs is 1. The van der Waals surface area contributed by atoms with Gasteiger partial charge < -0.3 is 9.64 Å². The molecule has 7 heteroatoms. The van der Waals surface area contributed by atoms with Crippen LogP contribution in [0.2, 0.25) is 0 Å². The Hall–Kier alpha value is -3.48. The van der Waals surface area contributed by atoms with E-state index in [1.54, 1.807) is 29.2 Å². The van der Waals surface area contributed by atoms with E-state index in [2.05, 4.69) is 13.8 Å². The molecule has 2 heterocycles. The highest BCUT2D eigenvalue weighted by Gasteiger charge is 2.36. The van der Waals surface area contributed by atoms with Crippen molar-refractivity contribution in [2.45, 2.75) is 20.3 Å². The van der Waals surface area contributed by atoms with Crippen LogP contribution in [0.15, 0.2) is 48.5 Å². The molecule has 2 aromatic rings. The molecule has 4 rings (SSSR count). The number of hydrogen-bond donors (Lipinski definition) is 0. The molecule has 7 nitrogen and oxygen atoms in total. The first-order chi connectivity index (χ1) is 14.8. The van der Waals surface area contributed by atoms with Crippen LogP contribution in [0.3, 0.4) is 0 Å². The van der Waals surface area contributed by atoms with Gasteiger partial charge in [0.1, 0.15) is 0 Å². The Balaban J connectivity index is 1.38. The molecule has 1 fully saturated rings. The molecule has 0 aromatic heterocycles. The lowest BCUT2D eigenvalue weighted by Gasteiger charge is -2.34. The van der Waals surface area contributed by atoms with Crippen molar-refractivity contribution in [1.29, 1.82) is 0 Å². The molecule has 0 spiro atoms. The number of hydrogen-bond acceptors (Lipinski definition) is 5. The van der Waals surface area contributed by atoms with Crippen molar-refractivity contribution in [2.75, 3.05) is 24.6 Å². The number of likely N-dealkylation sites (tertiary alicyclic amines) is 1. The summed E-state index contributed by atoms with van der Waals surface area (Å²) in [4.78, 5) is 52.7. The molecule has 160 valence electrons. The van der Waals surface area contributed by atoms with E-state index in [1.165, 1.54) is 24.3 Å². The van der Waals surface area contributed by atoms with E-state index < -0.39 is 17.8 Å². The number of anilines is 1. The predicted octanol–water partition coefficient (Wildman–Crippen LogP) is 3.15. The second kappa shape index (κ2) is 8.34. The van der Waals surface area contributed by atoms with Gasteiger partial charge in [0.15, 0.2) is 6.61 Å². The summed E-state index contributed by atoms with van der Waals surface area (Å²) in [7, 11) is 0. The van der Waals surface area contributed by atoms with E-state index in [0.29, 0.717) is 41.7 Å². The summed E-state index contributed by atoms with van der Waals surface area (Å²) in [6.07, 6.45) is 1.09. The van der Waals surface area contributed by atoms with Crippen molar-refractivity contribution in [3.05, 3.63) is 65.2 Å². The van der Waals surface area contributed by atoms with Crippen molar-refractivity contribution < 1.29 is 23.9 Å². The van der Waals surface area contributed by atoms with Crippen LogP contribution in [0.1, 0.15) is 51.3 Å². The maximum Gasteiger partial charge on any atom is 0.338 e. The molecule has 0 N–H and O–H groups in total. The van der Waals surface area contributed by atoms with Crippen LogP contribution >= 0.6 is 0 Å². The van der Waals surface area contributed by atoms with E-state index in [0.717, 1.165) is 11.3 Å². The lowest BCUT2D eigenvalue weighted by Crippen LogP contribution is -2.44. The summed E-state index contributed by atoms with van der Waals surface area (Å²) in [6.45, 7) is 5.26. The molecule has 0 radical (unpaired) electrons. The fraction of sp³-hybridized carbons (Fsp3) is 0.333. The lowest BCUT2D eigenvalue weighted by molar-refractivity contribution is -0.137. The second-order valence-corrected chi connectivity index (χ2v) is 8.36. The number of ether oxygens (including phenoxy) is 1. The molecule has 2 aliphatic heterocycles. The van der Waals surface area contributed by atoms with Crippen LogP contribution < -0.4 is 4.90 Å². The summed E-state index contributed by atoms with van der Waals surface area (Å²) in [6, 6.07) is 12.7. The number of carbonyl (C=O) groups excluding carboxylic acids is 4. The molecule has 1 saturated heterocycles. The zero-order valence-electron chi connectivity index (χ0n) is 17.5. The van der Waals surface area contributed by atoms with E-state index >= 15 is 0 Å². The van der Waals surface area contributed by atoms with E-state index in [1.807, 2.05) is 0 Å². The van der Waals surface area contributed by atoms with E-state index in [9.17, 15) is 19.2 Å². The molecule has 2 aliphatic rings. The second-order valence-electron chi connectivity index (χ2n) is 8.36. The van der Waals surface area contributed by atoms with Crippen LogP contribution in [0.5, 0.6) is 0 Å². The third kappa shape index (κ3) is 4.08. The normalized spacial score (nSPS) is 20.6. The number of amides is 3. The third-order valence-electron chi connectivity index (χ3n) is 5.70. The Morgan fingerprint density at radius 1 is 0.903 bits per heavy atom. The Morgan fingerprint density at radius 2 is 1.45 bits per heavy atom. The first kappa shape index (κ1) is 20.8. The standard InChI is InChI=1S/C24H24N2O5/c1-15-11-16(2)13-25(12-15)21(27)14-31-24(30)17-7-9-18(10-8-17)26-22(28)19-5-3-4-6-20(19)23(26)29/h3-10,15-16H,11-14H2,1-2H3/t15-,16-/m0/s1. The molecule has 0 unspecified atom stereocenters. The molecule has 0 bridgehead atoms. The molecule has 3 amide bonds. The molecule has 0 saturated carbocycles. The van der Waals surface area contributed by atoms with Crippen molar-refractivity contribution in [2.24, 2.45) is 11.8 Å². The number of imide groups is 1. The third-order valence-corrected chi connectivity index (χ3v) is 5.70. The fourth-order valence-corrected chi connectivity index (χ4v) is 4.34. The van der Waals surface area contributed by atoms with Gasteiger partial charge in [-0.15, -0.1) is 0 Å². The van der Waals surface area contributed by atoms with Gasteiger partial charge in [0, 0.05) is 13.1 Å². The lowest BCUT2D eigenvalue weighted by atomic mass is 9.92. The maximum absolute atomic E-state index is 12.6. The Labute approximate surface area is 180 Å². The van der Waals surface area contributed by atoms with Gasteiger partial charge in [-0.25, -0.2) is 9.69 Å². The van der Waals surface area contributed by atoms with Gasteiger partial charge in [0.25, 0.3) is 17.7 Å². The van der Waals surface area contributed by atoms with Crippen LogP contribution in [-0.4, -0.2) is 48.3 Å². The number of nitrogens with zero attached hydrogens (tertiary/aromatic N) is 2. The monoisotopic (exact) mass is 420 g/mol. The van der Waals surface area contributed by atoms with E-state index in [4.69, 9.17) is 4.74 Å². The van der Waals surface area contributed by atoms with Gasteiger partial charge in [-0.3, -0.25) is 14.4 Å². The van der Waals surface area contributed by atoms with Crippen LogP contribution in [0.25, 0.3) is 0 Å². The summed E-state index contributed by atoms with van der Waals surface area (Å²) < 4.78 is 5.19. The van der Waals surface area contributed by atoms with Gasteiger partial charge in [0.05, 0.1) is 22.4 Å². The topological polar surface area (TPSA) is 84.0 Å². The average molecular weight is 420 g/mol. The van der Waals surface area contributed by atoms with Crippen LogP contribution in [0, 0.1) is 11.8 Å². The van der Waals surface area contributed by atoms with Crippen LogP contribution in [0.4, 0.5) is 5.69 Å². The van der Waals surface area contributed by atoms with Crippen molar-refractivity contribution in [3.63, 3.8) is 0 Å². The highest BCUT2D eigenvalue weighted by molar-refractivity contribution is 6.34. The minimum absolute atomic E-state index is 0.200. The SMILES string of the molecule is C[C@H]1C[C@H](C)CN(C(=O)COC(=O)c2ccc(N3C(=O)c4ccccc4C3=O)cc2)C1. The maximum atomic E-state index is 12.6. The highest BCUT2D eigenvalue weighted by atomic mass is 16.5. The zero-order valence-corrected chi connectivity index (χ0v) is 17.5. The van der Waals surface area contributed by atoms with Gasteiger partial charge in [-0.2, -0.15) is 0 Å². The van der Waals surface area contributed by atoms with Crippen molar-refractivity contribution in [3.8, 4) is 0 Å². The first-order valence-electron chi connectivity index (χ1n) is 10.4. The molecular formula is C24H24N2O5. The zero-order chi connectivity index (χ0) is 22.1. The van der Waals surface area contributed by atoms with Crippen molar-refractivity contribution in [1.82, 2.24) is 4.90 Å². The molecule has 2 aromatic carbocycles. The van der Waals surface area contributed by atoms with Crippen LogP contribution in [-0.2, 0) is 9.53 Å². The van der Waals surface area contributed by atoms with Crippen molar-refractivity contribution >= 4 is 29.4 Å². The first-order valence-corrected chi connectivity index (χ1v) is 10.4. The number of benzene rings is 2. The largest absolute Gasteiger partial charge is 0.452 e. The molecule has 31 heavy (non-hydrogen) atoms. The Morgan fingerprint density at radius 3 is 2.00 bits per heavy atom. The summed E-state index contributed by atoms with van der Waals surface area (Å²) in [5.74, 6) is -0.760.